The zero-order valence-electron chi connectivity index (χ0n) is 21.5. The number of Topliss-reactive ketones (excluding diaryl/α,β-unsaturated/α-hetero) is 1. The van der Waals surface area contributed by atoms with Crippen LogP contribution in [-0.2, 0) is 34.3 Å². The van der Waals surface area contributed by atoms with Gasteiger partial charge in [-0.15, -0.1) is 0 Å². The molecule has 2 aromatic carbocycles. The van der Waals surface area contributed by atoms with Crippen molar-refractivity contribution >= 4 is 21.9 Å². The van der Waals surface area contributed by atoms with Crippen molar-refractivity contribution in [2.24, 2.45) is 5.73 Å². The first-order chi connectivity index (χ1) is 16.6. The molecular formula is C19H16FNO7S. The van der Waals surface area contributed by atoms with Crippen LogP contribution in [0.1, 0.15) is 37.2 Å². The van der Waals surface area contributed by atoms with Crippen LogP contribution in [0.25, 0.3) is 0 Å². The van der Waals surface area contributed by atoms with Crippen LogP contribution in [0.5, 0.6) is 0 Å². The minimum absolute atomic E-state index is 0.197. The van der Waals surface area contributed by atoms with Gasteiger partial charge >= 0.3 is 16.1 Å². The number of rotatable bonds is 6. The fraction of sp³-hybridized carbons (Fsp3) is 0.158. The SMILES string of the molecule is [2H]c1c([2H])c([2H])c(C([2H])([2H])S(=O)(=O)OC2=C(N)OC(c3ccc(C(=O)OC)c(F)c3)C2=O)c([2H])c1[2H]. The third-order valence-corrected chi connectivity index (χ3v) is 4.39. The first kappa shape index (κ1) is 12.9. The van der Waals surface area contributed by atoms with E-state index in [1.54, 1.807) is 0 Å². The third-order valence-electron chi connectivity index (χ3n) is 3.55. The molecule has 0 fully saturated rings. The van der Waals surface area contributed by atoms with Crippen LogP contribution in [0, 0.1) is 5.82 Å². The van der Waals surface area contributed by atoms with Gasteiger partial charge in [0.1, 0.15) is 11.5 Å². The summed E-state index contributed by atoms with van der Waals surface area (Å²) < 4.78 is 109. The van der Waals surface area contributed by atoms with E-state index in [1.807, 2.05) is 0 Å². The Morgan fingerprint density at radius 1 is 1.34 bits per heavy atom. The molecule has 0 aromatic heterocycles. The monoisotopic (exact) mass is 428 g/mol. The van der Waals surface area contributed by atoms with Crippen molar-refractivity contribution < 1.29 is 45.6 Å². The molecular weight excluding hydrogens is 405 g/mol. The number of esters is 1. The zero-order valence-corrected chi connectivity index (χ0v) is 15.3. The topological polar surface area (TPSA) is 122 Å². The minimum atomic E-state index is -5.60. The summed E-state index contributed by atoms with van der Waals surface area (Å²) in [5.74, 6) is -5.41. The number of halogens is 1. The number of hydrogen-bond donors (Lipinski definition) is 1. The molecule has 0 aliphatic carbocycles. The van der Waals surface area contributed by atoms with Crippen LogP contribution in [0.3, 0.4) is 0 Å². The van der Waals surface area contributed by atoms with Gasteiger partial charge in [0.25, 0.3) is 0 Å². The van der Waals surface area contributed by atoms with Crippen LogP contribution in [0.2, 0.25) is 0 Å². The van der Waals surface area contributed by atoms with E-state index in [9.17, 15) is 22.4 Å². The number of carbonyl (C=O) groups is 2. The maximum absolute atomic E-state index is 14.3. The summed E-state index contributed by atoms with van der Waals surface area (Å²) in [5, 5.41) is 0. The molecule has 152 valence electrons. The van der Waals surface area contributed by atoms with Crippen molar-refractivity contribution in [3.63, 3.8) is 0 Å². The van der Waals surface area contributed by atoms with Gasteiger partial charge in [0, 0.05) is 5.56 Å². The average molecular weight is 428 g/mol. The molecule has 0 bridgehead atoms. The fourth-order valence-electron chi connectivity index (χ4n) is 2.30. The Morgan fingerprint density at radius 2 is 2.03 bits per heavy atom. The van der Waals surface area contributed by atoms with Gasteiger partial charge in [-0.05, 0) is 17.7 Å². The highest BCUT2D eigenvalue weighted by Crippen LogP contribution is 2.33. The van der Waals surface area contributed by atoms with E-state index in [1.165, 1.54) is 0 Å². The molecule has 2 aromatic rings. The van der Waals surface area contributed by atoms with Gasteiger partial charge in [-0.2, -0.15) is 8.42 Å². The summed E-state index contributed by atoms with van der Waals surface area (Å²) in [6, 6.07) is -2.34. The number of hydrogen-bond acceptors (Lipinski definition) is 8. The lowest BCUT2D eigenvalue weighted by Crippen LogP contribution is -2.16. The molecule has 0 saturated carbocycles. The summed E-state index contributed by atoms with van der Waals surface area (Å²) in [7, 11) is -4.57. The van der Waals surface area contributed by atoms with E-state index in [0.29, 0.717) is 0 Å². The zero-order chi connectivity index (χ0) is 27.3. The summed E-state index contributed by atoms with van der Waals surface area (Å²) in [5.41, 5.74) is -0.110. The molecule has 3 rings (SSSR count). The van der Waals surface area contributed by atoms with E-state index in [4.69, 9.17) is 20.1 Å². The van der Waals surface area contributed by atoms with Crippen LogP contribution in [0.15, 0.2) is 60.1 Å². The van der Waals surface area contributed by atoms with Crippen molar-refractivity contribution in [2.45, 2.75) is 11.8 Å². The number of ether oxygens (including phenoxy) is 2. The van der Waals surface area contributed by atoms with E-state index in [2.05, 4.69) is 8.92 Å². The molecule has 1 aliphatic heterocycles. The Morgan fingerprint density at radius 3 is 2.66 bits per heavy atom. The first-order valence-electron chi connectivity index (χ1n) is 11.2. The molecule has 0 spiro atoms. The number of methoxy groups -OCH3 is 1. The van der Waals surface area contributed by atoms with Crippen molar-refractivity contribution in [2.75, 3.05) is 7.11 Å². The molecule has 0 amide bonds. The van der Waals surface area contributed by atoms with Crippen LogP contribution in [-0.4, -0.2) is 27.3 Å². The predicted octanol–water partition coefficient (Wildman–Crippen LogP) is 1.93. The molecule has 0 saturated heterocycles. The maximum atomic E-state index is 14.3. The smallest absolute Gasteiger partial charge is 0.340 e. The Bertz CT molecular complexity index is 1420. The van der Waals surface area contributed by atoms with E-state index >= 15 is 0 Å². The molecule has 1 heterocycles. The molecule has 1 aliphatic rings. The lowest BCUT2D eigenvalue weighted by atomic mass is 10.0. The second kappa shape index (κ2) is 7.92. The molecule has 8 nitrogen and oxygen atoms in total. The van der Waals surface area contributed by atoms with Crippen molar-refractivity contribution in [1.29, 1.82) is 0 Å². The third kappa shape index (κ3) is 4.37. The highest BCUT2D eigenvalue weighted by Gasteiger charge is 2.40. The lowest BCUT2D eigenvalue weighted by molar-refractivity contribution is -0.123. The van der Waals surface area contributed by atoms with Gasteiger partial charge in [0.2, 0.25) is 17.4 Å². The summed E-state index contributed by atoms with van der Waals surface area (Å²) in [4.78, 5) is 24.3. The molecule has 29 heavy (non-hydrogen) atoms. The van der Waals surface area contributed by atoms with Crippen LogP contribution < -0.4 is 5.73 Å². The van der Waals surface area contributed by atoms with Gasteiger partial charge < -0.3 is 19.4 Å². The second-order valence-electron chi connectivity index (χ2n) is 5.43. The molecule has 10 heteroatoms. The Hall–Kier alpha value is -3.40. The summed E-state index contributed by atoms with van der Waals surface area (Å²) >= 11 is 0. The second-order valence-corrected chi connectivity index (χ2v) is 6.70. The highest BCUT2D eigenvalue weighted by molar-refractivity contribution is 7.86. The number of ketones is 1. The number of benzene rings is 2. The van der Waals surface area contributed by atoms with Gasteiger partial charge in [0.15, 0.2) is 6.10 Å². The summed E-state index contributed by atoms with van der Waals surface area (Å²) in [6.45, 7) is 0. The standard InChI is InChI=1S/C19H16FNO7S/c1-26-19(23)13-8-7-12(9-14(13)20)16-15(22)17(18(21)27-16)28-29(24,25)10-11-5-3-2-4-6-11/h2-9,16H,10,21H2,1H3/i2D,3D,4D,5D,6D,10D2. The van der Waals surface area contributed by atoms with Crippen LogP contribution >= 0.6 is 0 Å². The number of carbonyl (C=O) groups excluding carboxylic acids is 2. The Kier molecular flexibility index (Phi) is 3.53. The van der Waals surface area contributed by atoms with Crippen molar-refractivity contribution in [3.8, 4) is 0 Å². The molecule has 2 N–H and O–H groups in total. The van der Waals surface area contributed by atoms with Crippen LogP contribution in [0.4, 0.5) is 4.39 Å². The fourth-order valence-corrected chi connectivity index (χ4v) is 3.08. The van der Waals surface area contributed by atoms with E-state index in [0.717, 1.165) is 25.3 Å². The van der Waals surface area contributed by atoms with E-state index < -0.39 is 92.5 Å². The Labute approximate surface area is 175 Å². The summed E-state index contributed by atoms with van der Waals surface area (Å²) in [6.07, 6.45) is -1.72. The number of nitrogens with two attached hydrogens (primary N) is 1. The van der Waals surface area contributed by atoms with Gasteiger partial charge in [-0.3, -0.25) is 4.79 Å². The highest BCUT2D eigenvalue weighted by atomic mass is 32.2. The molecule has 0 radical (unpaired) electrons. The van der Waals surface area contributed by atoms with E-state index in [-0.39, 0.29) is 5.56 Å². The molecule has 1 atom stereocenters. The van der Waals surface area contributed by atoms with Gasteiger partial charge in [-0.1, -0.05) is 36.3 Å². The normalized spacial score (nSPS) is 20.4. The predicted molar refractivity (Wildman–Crippen MR) is 97.9 cm³/mol. The largest absolute Gasteiger partial charge is 0.465 e. The van der Waals surface area contributed by atoms with Crippen molar-refractivity contribution in [3.05, 3.63) is 82.6 Å². The molecule has 1 unspecified atom stereocenters. The van der Waals surface area contributed by atoms with Gasteiger partial charge in [0.05, 0.1) is 22.3 Å². The average Bonchev–Trinajstić information content (AvgIpc) is 3.08. The lowest BCUT2D eigenvalue weighted by Gasteiger charge is -2.11. The first-order valence-corrected chi connectivity index (χ1v) is 9.07. The Balaban J connectivity index is 1.97. The van der Waals surface area contributed by atoms with Gasteiger partial charge in [-0.25, -0.2) is 9.18 Å². The minimum Gasteiger partial charge on any atom is -0.465 e. The maximum Gasteiger partial charge on any atom is 0.340 e. The quantitative estimate of drug-likeness (QED) is 0.547. The van der Waals surface area contributed by atoms with Crippen molar-refractivity contribution in [1.82, 2.24) is 0 Å².